The lowest BCUT2D eigenvalue weighted by Gasteiger charge is -2.18. The molecule has 1 aromatic heterocycles. The number of aryl methyl sites for hydroxylation is 1. The quantitative estimate of drug-likeness (QED) is 0.789. The van der Waals surface area contributed by atoms with Crippen molar-refractivity contribution in [2.75, 3.05) is 13.1 Å². The zero-order valence-corrected chi connectivity index (χ0v) is 9.31. The monoisotopic (exact) mass is 210 g/mol. The van der Waals surface area contributed by atoms with Crippen molar-refractivity contribution in [2.45, 2.75) is 32.9 Å². The van der Waals surface area contributed by atoms with Gasteiger partial charge >= 0.3 is 0 Å². The first-order valence-electron chi connectivity index (χ1n) is 5.42. The third-order valence-corrected chi connectivity index (χ3v) is 3.04. The van der Waals surface area contributed by atoms with Crippen molar-refractivity contribution in [3.8, 4) is 0 Å². The first-order valence-corrected chi connectivity index (χ1v) is 5.42. The van der Waals surface area contributed by atoms with E-state index >= 15 is 0 Å². The molecule has 2 unspecified atom stereocenters. The Balaban J connectivity index is 1.95. The highest BCUT2D eigenvalue weighted by Gasteiger charge is 2.28. The zero-order chi connectivity index (χ0) is 10.8. The van der Waals surface area contributed by atoms with Crippen molar-refractivity contribution in [2.24, 2.45) is 11.7 Å². The lowest BCUT2D eigenvalue weighted by Crippen LogP contribution is -2.27. The molecule has 1 saturated heterocycles. The molecule has 2 atom stereocenters. The molecule has 0 aliphatic carbocycles. The van der Waals surface area contributed by atoms with Gasteiger partial charge in [0, 0.05) is 19.5 Å². The molecule has 2 heterocycles. The van der Waals surface area contributed by atoms with Crippen LogP contribution in [0, 0.1) is 12.8 Å². The normalized spacial score (nSPS) is 27.4. The van der Waals surface area contributed by atoms with Gasteiger partial charge in [-0.05, 0) is 25.8 Å². The molecule has 2 N–H and O–H groups in total. The van der Waals surface area contributed by atoms with Gasteiger partial charge in [-0.15, -0.1) is 0 Å². The molecule has 84 valence electrons. The van der Waals surface area contributed by atoms with E-state index in [0.29, 0.717) is 17.9 Å². The molecule has 15 heavy (non-hydrogen) atoms. The van der Waals surface area contributed by atoms with E-state index in [0.717, 1.165) is 25.5 Å². The molecule has 5 nitrogen and oxygen atoms in total. The zero-order valence-electron chi connectivity index (χ0n) is 9.31. The van der Waals surface area contributed by atoms with Crippen LogP contribution in [0.15, 0.2) is 4.52 Å². The topological polar surface area (TPSA) is 68.2 Å². The van der Waals surface area contributed by atoms with Crippen molar-refractivity contribution in [3.63, 3.8) is 0 Å². The van der Waals surface area contributed by atoms with Gasteiger partial charge in [0.05, 0.1) is 6.54 Å². The van der Waals surface area contributed by atoms with Crippen LogP contribution in [-0.4, -0.2) is 34.2 Å². The highest BCUT2D eigenvalue weighted by Crippen LogP contribution is 2.23. The van der Waals surface area contributed by atoms with Crippen LogP contribution in [0.25, 0.3) is 0 Å². The summed E-state index contributed by atoms with van der Waals surface area (Å²) in [6.07, 6.45) is 1.17. The van der Waals surface area contributed by atoms with Crippen LogP contribution >= 0.6 is 0 Å². The molecule has 1 fully saturated rings. The molecule has 0 amide bonds. The maximum atomic E-state index is 5.68. The molecule has 0 bridgehead atoms. The van der Waals surface area contributed by atoms with E-state index in [2.05, 4.69) is 22.0 Å². The molecule has 1 aliphatic heterocycles. The fourth-order valence-electron chi connectivity index (χ4n) is 2.20. The van der Waals surface area contributed by atoms with Crippen LogP contribution in [0.2, 0.25) is 0 Å². The third kappa shape index (κ3) is 2.35. The first kappa shape index (κ1) is 10.6. The number of nitrogens with two attached hydrogens (primary N) is 1. The van der Waals surface area contributed by atoms with E-state index in [9.17, 15) is 0 Å². The van der Waals surface area contributed by atoms with Crippen LogP contribution in [-0.2, 0) is 6.54 Å². The van der Waals surface area contributed by atoms with Crippen molar-refractivity contribution in [1.29, 1.82) is 0 Å². The summed E-state index contributed by atoms with van der Waals surface area (Å²) in [6, 6.07) is 0.567. The van der Waals surface area contributed by atoms with Gasteiger partial charge < -0.3 is 10.3 Å². The molecule has 0 radical (unpaired) electrons. The first-order chi connectivity index (χ1) is 7.19. The summed E-state index contributed by atoms with van der Waals surface area (Å²) >= 11 is 0. The molecule has 1 aliphatic rings. The second-order valence-electron chi connectivity index (χ2n) is 4.35. The van der Waals surface area contributed by atoms with Crippen LogP contribution < -0.4 is 5.73 Å². The van der Waals surface area contributed by atoms with E-state index in [4.69, 9.17) is 10.3 Å². The lowest BCUT2D eigenvalue weighted by molar-refractivity contribution is 0.245. The summed E-state index contributed by atoms with van der Waals surface area (Å²) < 4.78 is 4.95. The molecular formula is C10H18N4O. The summed E-state index contributed by atoms with van der Waals surface area (Å²) in [4.78, 5) is 6.57. The minimum absolute atomic E-state index is 0.567. The highest BCUT2D eigenvalue weighted by atomic mass is 16.5. The Morgan fingerprint density at radius 3 is 2.93 bits per heavy atom. The van der Waals surface area contributed by atoms with Crippen LogP contribution in [0.5, 0.6) is 0 Å². The highest BCUT2D eigenvalue weighted by molar-refractivity contribution is 4.89. The molecule has 0 aromatic carbocycles. The van der Waals surface area contributed by atoms with Gasteiger partial charge in [0.1, 0.15) is 0 Å². The lowest BCUT2D eigenvalue weighted by atomic mass is 10.1. The number of aromatic nitrogens is 2. The van der Waals surface area contributed by atoms with E-state index in [1.165, 1.54) is 6.42 Å². The van der Waals surface area contributed by atoms with E-state index in [1.807, 2.05) is 6.92 Å². The molecule has 2 rings (SSSR count). The molecule has 1 aromatic rings. The minimum atomic E-state index is 0.567. The molecule has 5 heteroatoms. The van der Waals surface area contributed by atoms with Gasteiger partial charge in [0.2, 0.25) is 5.89 Å². The number of nitrogens with zero attached hydrogens (tertiary/aromatic N) is 3. The number of hydrogen-bond acceptors (Lipinski definition) is 5. The van der Waals surface area contributed by atoms with Gasteiger partial charge in [-0.2, -0.15) is 4.98 Å². The average molecular weight is 210 g/mol. The second-order valence-corrected chi connectivity index (χ2v) is 4.35. The Kier molecular flexibility index (Phi) is 3.02. The summed E-state index contributed by atoms with van der Waals surface area (Å²) in [5, 5.41) is 3.91. The van der Waals surface area contributed by atoms with E-state index in [1.54, 1.807) is 0 Å². The number of hydrogen-bond donors (Lipinski definition) is 1. The van der Waals surface area contributed by atoms with Crippen molar-refractivity contribution >= 4 is 0 Å². The third-order valence-electron chi connectivity index (χ3n) is 3.04. The smallest absolute Gasteiger partial charge is 0.223 e. The van der Waals surface area contributed by atoms with E-state index < -0.39 is 0 Å². The van der Waals surface area contributed by atoms with Gasteiger partial charge in [-0.3, -0.25) is 4.90 Å². The van der Waals surface area contributed by atoms with Crippen molar-refractivity contribution in [3.05, 3.63) is 11.7 Å². The SMILES string of the molecule is Cc1nc(CN2CC(CN)CC2C)no1. The minimum Gasteiger partial charge on any atom is -0.340 e. The predicted octanol–water partition coefficient (Wildman–Crippen LogP) is 0.547. The molecular weight excluding hydrogens is 192 g/mol. The van der Waals surface area contributed by atoms with Crippen LogP contribution in [0.3, 0.4) is 0 Å². The Morgan fingerprint density at radius 1 is 1.60 bits per heavy atom. The fourth-order valence-corrected chi connectivity index (χ4v) is 2.20. The Bertz CT molecular complexity index is 325. The maximum absolute atomic E-state index is 5.68. The largest absolute Gasteiger partial charge is 0.340 e. The molecule has 0 saturated carbocycles. The van der Waals surface area contributed by atoms with Gasteiger partial charge in [-0.1, -0.05) is 5.16 Å². The van der Waals surface area contributed by atoms with Crippen molar-refractivity contribution < 1.29 is 4.52 Å². The Hall–Kier alpha value is -0.940. The van der Waals surface area contributed by atoms with Crippen LogP contribution in [0.1, 0.15) is 25.1 Å². The van der Waals surface area contributed by atoms with Crippen LogP contribution in [0.4, 0.5) is 0 Å². The summed E-state index contributed by atoms with van der Waals surface area (Å²) in [5.74, 6) is 2.03. The fraction of sp³-hybridized carbons (Fsp3) is 0.800. The Labute approximate surface area is 89.6 Å². The molecule has 0 spiro atoms. The number of likely N-dealkylation sites (tertiary alicyclic amines) is 1. The summed E-state index contributed by atoms with van der Waals surface area (Å²) in [7, 11) is 0. The summed E-state index contributed by atoms with van der Waals surface area (Å²) in [5.41, 5.74) is 5.68. The number of rotatable bonds is 3. The van der Waals surface area contributed by atoms with Gasteiger partial charge in [0.15, 0.2) is 5.82 Å². The summed E-state index contributed by atoms with van der Waals surface area (Å²) in [6.45, 7) is 6.63. The Morgan fingerprint density at radius 2 is 2.40 bits per heavy atom. The second kappa shape index (κ2) is 4.28. The van der Waals surface area contributed by atoms with Gasteiger partial charge in [0.25, 0.3) is 0 Å². The van der Waals surface area contributed by atoms with E-state index in [-0.39, 0.29) is 0 Å². The van der Waals surface area contributed by atoms with Gasteiger partial charge in [-0.25, -0.2) is 0 Å². The standard InChI is InChI=1S/C10H18N4O/c1-7-3-9(4-11)5-14(7)6-10-12-8(2)15-13-10/h7,9H,3-6,11H2,1-2H3. The maximum Gasteiger partial charge on any atom is 0.223 e. The predicted molar refractivity (Wildman–Crippen MR) is 56.1 cm³/mol. The average Bonchev–Trinajstić information content (AvgIpc) is 2.75. The van der Waals surface area contributed by atoms with Crippen molar-refractivity contribution in [1.82, 2.24) is 15.0 Å².